The summed E-state index contributed by atoms with van der Waals surface area (Å²) in [6, 6.07) is 8.08. The number of ether oxygens (including phenoxy) is 1. The van der Waals surface area contributed by atoms with Crippen LogP contribution in [0.15, 0.2) is 36.4 Å². The number of rotatable bonds is 4. The van der Waals surface area contributed by atoms with Crippen LogP contribution in [0.3, 0.4) is 0 Å². The van der Waals surface area contributed by atoms with Crippen molar-refractivity contribution in [3.05, 3.63) is 57.6 Å². The van der Waals surface area contributed by atoms with Gasteiger partial charge in [-0.25, -0.2) is 17.5 Å². The number of amides is 2. The third-order valence-corrected chi connectivity index (χ3v) is 6.94. The Bertz CT molecular complexity index is 1170. The topological polar surface area (TPSA) is 110 Å². The molecule has 0 radical (unpaired) electrons. The van der Waals surface area contributed by atoms with Crippen LogP contribution in [0.2, 0.25) is 10.0 Å². The van der Waals surface area contributed by atoms with Gasteiger partial charge in [0.2, 0.25) is 15.9 Å². The minimum Gasteiger partial charge on any atom is -0.465 e. The van der Waals surface area contributed by atoms with Crippen molar-refractivity contribution >= 4 is 62.4 Å². The van der Waals surface area contributed by atoms with E-state index in [4.69, 9.17) is 23.2 Å². The number of nitrogens with one attached hydrogen (secondary N) is 1. The fourth-order valence-corrected chi connectivity index (χ4v) is 5.19. The van der Waals surface area contributed by atoms with Crippen molar-refractivity contribution in [2.75, 3.05) is 22.5 Å². The number of sulfonamides is 1. The minimum absolute atomic E-state index is 0.0250. The number of carbonyl (C=O) groups excluding carboxylic acids is 3. The predicted molar refractivity (Wildman–Crippen MR) is 113 cm³/mol. The van der Waals surface area contributed by atoms with Gasteiger partial charge in [-0.3, -0.25) is 9.59 Å². The van der Waals surface area contributed by atoms with Crippen LogP contribution in [-0.2, 0) is 19.6 Å². The molecule has 11 heteroatoms. The number of nitrogens with zero attached hydrogens (tertiary/aromatic N) is 1. The zero-order chi connectivity index (χ0) is 22.2. The lowest BCUT2D eigenvalue weighted by Gasteiger charge is -2.16. The van der Waals surface area contributed by atoms with E-state index in [1.165, 1.54) is 50.4 Å². The molecule has 0 bridgehead atoms. The molecular formula is C19H16Cl2N2O6S. The quantitative estimate of drug-likeness (QED) is 0.685. The molecule has 1 atom stereocenters. The van der Waals surface area contributed by atoms with Crippen molar-refractivity contribution in [1.82, 2.24) is 0 Å². The molecule has 1 N–H and O–H groups in total. The average molecular weight is 471 g/mol. The molecule has 1 aliphatic heterocycles. The second-order valence-corrected chi connectivity index (χ2v) is 9.26. The van der Waals surface area contributed by atoms with E-state index in [0.717, 1.165) is 0 Å². The predicted octanol–water partition coefficient (Wildman–Crippen LogP) is 3.34. The Morgan fingerprint density at radius 2 is 1.83 bits per heavy atom. The van der Waals surface area contributed by atoms with E-state index >= 15 is 0 Å². The van der Waals surface area contributed by atoms with E-state index in [0.29, 0.717) is 4.31 Å². The number of hydrogen-bond acceptors (Lipinski definition) is 6. The molecule has 0 aromatic heterocycles. The summed E-state index contributed by atoms with van der Waals surface area (Å²) in [6.07, 6.45) is 0. The standard InChI is InChI=1S/C19H16Cl2N2O6S/c1-10-9-30(27,28)23(18(10)25)12-4-5-13(15(21)8-12)17(24)22-16-7-11(19(26)29-2)3-6-14(16)20/h3-8,10H,9H2,1-2H3,(H,22,24). The molecule has 158 valence electrons. The second-order valence-electron chi connectivity index (χ2n) is 6.59. The molecule has 1 aliphatic rings. The highest BCUT2D eigenvalue weighted by molar-refractivity contribution is 7.94. The number of anilines is 2. The van der Waals surface area contributed by atoms with E-state index in [-0.39, 0.29) is 38.3 Å². The number of benzene rings is 2. The Balaban J connectivity index is 1.89. The molecule has 2 aromatic carbocycles. The highest BCUT2D eigenvalue weighted by Crippen LogP contribution is 2.32. The largest absolute Gasteiger partial charge is 0.465 e. The number of halogens is 2. The summed E-state index contributed by atoms with van der Waals surface area (Å²) < 4.78 is 29.8. The van der Waals surface area contributed by atoms with Crippen LogP contribution in [0.5, 0.6) is 0 Å². The molecule has 30 heavy (non-hydrogen) atoms. The van der Waals surface area contributed by atoms with Gasteiger partial charge in [-0.05, 0) is 36.4 Å². The highest BCUT2D eigenvalue weighted by Gasteiger charge is 2.42. The van der Waals surface area contributed by atoms with Gasteiger partial charge in [0.1, 0.15) is 0 Å². The molecule has 0 aliphatic carbocycles. The number of carbonyl (C=O) groups is 3. The number of esters is 1. The maximum Gasteiger partial charge on any atom is 0.337 e. The van der Waals surface area contributed by atoms with Crippen LogP contribution in [0, 0.1) is 5.92 Å². The van der Waals surface area contributed by atoms with Crippen LogP contribution in [-0.4, -0.2) is 39.1 Å². The molecule has 0 spiro atoms. The minimum atomic E-state index is -3.79. The van der Waals surface area contributed by atoms with Gasteiger partial charge >= 0.3 is 5.97 Å². The van der Waals surface area contributed by atoms with Crippen LogP contribution in [0.1, 0.15) is 27.6 Å². The highest BCUT2D eigenvalue weighted by atomic mass is 35.5. The van der Waals surface area contributed by atoms with Crippen LogP contribution >= 0.6 is 23.2 Å². The zero-order valence-electron chi connectivity index (χ0n) is 15.8. The summed E-state index contributed by atoms with van der Waals surface area (Å²) in [4.78, 5) is 36.5. The van der Waals surface area contributed by atoms with Crippen molar-refractivity contribution in [3.63, 3.8) is 0 Å². The first kappa shape index (κ1) is 22.1. The monoisotopic (exact) mass is 470 g/mol. The summed E-state index contributed by atoms with van der Waals surface area (Å²) in [6.45, 7) is 1.52. The first-order chi connectivity index (χ1) is 14.0. The Morgan fingerprint density at radius 3 is 2.40 bits per heavy atom. The third kappa shape index (κ3) is 4.14. The van der Waals surface area contributed by atoms with Gasteiger partial charge in [-0.15, -0.1) is 0 Å². The van der Waals surface area contributed by atoms with Gasteiger partial charge in [-0.1, -0.05) is 30.1 Å². The number of methoxy groups -OCH3 is 1. The SMILES string of the molecule is COC(=O)c1ccc(Cl)c(NC(=O)c2ccc(N3C(=O)C(C)CS3(=O)=O)cc2Cl)c1. The molecule has 1 fully saturated rings. The molecule has 0 saturated carbocycles. The maximum absolute atomic E-state index is 12.6. The van der Waals surface area contributed by atoms with Crippen LogP contribution < -0.4 is 9.62 Å². The summed E-state index contributed by atoms with van der Waals surface area (Å²) >= 11 is 12.3. The van der Waals surface area contributed by atoms with Crippen molar-refractivity contribution < 1.29 is 27.5 Å². The normalized spacial score (nSPS) is 17.7. The first-order valence-corrected chi connectivity index (χ1v) is 11.0. The molecule has 1 unspecified atom stereocenters. The fourth-order valence-electron chi connectivity index (χ4n) is 2.96. The van der Waals surface area contributed by atoms with Gasteiger partial charge in [-0.2, -0.15) is 0 Å². The molecule has 2 aromatic rings. The summed E-state index contributed by atoms with van der Waals surface area (Å²) in [7, 11) is -2.57. The Labute approximate surface area is 182 Å². The molecule has 1 heterocycles. The third-order valence-electron chi connectivity index (χ3n) is 4.43. The first-order valence-electron chi connectivity index (χ1n) is 8.60. The summed E-state index contributed by atoms with van der Waals surface area (Å²) in [5.41, 5.74) is 0.426. The van der Waals surface area contributed by atoms with Crippen LogP contribution in [0.25, 0.3) is 0 Å². The van der Waals surface area contributed by atoms with Crippen molar-refractivity contribution in [1.29, 1.82) is 0 Å². The second kappa shape index (κ2) is 8.25. The number of hydrogen-bond donors (Lipinski definition) is 1. The average Bonchev–Trinajstić information content (AvgIpc) is 2.89. The van der Waals surface area contributed by atoms with Gasteiger partial charge in [0.15, 0.2) is 0 Å². The lowest BCUT2D eigenvalue weighted by Crippen LogP contribution is -2.30. The molecule has 1 saturated heterocycles. The van der Waals surface area contributed by atoms with E-state index in [1.807, 2.05) is 0 Å². The van der Waals surface area contributed by atoms with E-state index in [2.05, 4.69) is 10.1 Å². The zero-order valence-corrected chi connectivity index (χ0v) is 18.1. The lowest BCUT2D eigenvalue weighted by atomic mass is 10.1. The van der Waals surface area contributed by atoms with E-state index < -0.39 is 33.7 Å². The summed E-state index contributed by atoms with van der Waals surface area (Å²) in [5.74, 6) is -2.76. The van der Waals surface area contributed by atoms with E-state index in [1.54, 1.807) is 0 Å². The van der Waals surface area contributed by atoms with Gasteiger partial charge in [0.25, 0.3) is 5.91 Å². The van der Waals surface area contributed by atoms with Gasteiger partial charge in [0.05, 0.1) is 51.3 Å². The molecular weight excluding hydrogens is 455 g/mol. The Kier molecular flexibility index (Phi) is 6.07. The van der Waals surface area contributed by atoms with Gasteiger partial charge in [0, 0.05) is 0 Å². The molecule has 8 nitrogen and oxygen atoms in total. The van der Waals surface area contributed by atoms with Crippen molar-refractivity contribution in [2.45, 2.75) is 6.92 Å². The molecule has 3 rings (SSSR count). The lowest BCUT2D eigenvalue weighted by molar-refractivity contribution is -0.119. The summed E-state index contributed by atoms with van der Waals surface area (Å²) in [5, 5.41) is 2.67. The fraction of sp³-hybridized carbons (Fsp3) is 0.211. The van der Waals surface area contributed by atoms with Crippen molar-refractivity contribution in [2.24, 2.45) is 5.92 Å². The smallest absolute Gasteiger partial charge is 0.337 e. The maximum atomic E-state index is 12.6. The Morgan fingerprint density at radius 1 is 1.13 bits per heavy atom. The van der Waals surface area contributed by atoms with Crippen molar-refractivity contribution in [3.8, 4) is 0 Å². The van der Waals surface area contributed by atoms with Gasteiger partial charge < -0.3 is 10.1 Å². The molecule has 2 amide bonds. The van der Waals surface area contributed by atoms with Crippen LogP contribution in [0.4, 0.5) is 11.4 Å². The Hall–Kier alpha value is -2.62. The van der Waals surface area contributed by atoms with E-state index in [9.17, 15) is 22.8 Å².